The summed E-state index contributed by atoms with van der Waals surface area (Å²) < 4.78 is 6.10. The van der Waals surface area contributed by atoms with Crippen LogP contribution >= 0.6 is 27.7 Å². The second kappa shape index (κ2) is 11.1. The summed E-state index contributed by atoms with van der Waals surface area (Å²) in [5.41, 5.74) is 2.09. The van der Waals surface area contributed by atoms with Crippen LogP contribution in [0.5, 0.6) is 5.75 Å². The molecule has 2 aromatic rings. The first-order chi connectivity index (χ1) is 13.4. The van der Waals surface area contributed by atoms with E-state index >= 15 is 0 Å². The molecular weight excluding hydrogens is 440 g/mol. The third kappa shape index (κ3) is 6.56. The molecule has 1 atom stereocenters. The Balaban J connectivity index is 2.01. The number of likely N-dealkylation sites (N-methyl/N-ethyl adjacent to an activating group) is 1. The van der Waals surface area contributed by atoms with Gasteiger partial charge in [-0.3, -0.25) is 9.59 Å². The van der Waals surface area contributed by atoms with Crippen molar-refractivity contribution in [2.75, 3.05) is 19.9 Å². The van der Waals surface area contributed by atoms with E-state index in [1.165, 1.54) is 11.8 Å². The zero-order valence-corrected chi connectivity index (χ0v) is 18.7. The minimum absolute atomic E-state index is 0.0606. The summed E-state index contributed by atoms with van der Waals surface area (Å²) in [5, 5.41) is 2.63. The van der Waals surface area contributed by atoms with Gasteiger partial charge < -0.3 is 15.0 Å². The van der Waals surface area contributed by atoms with E-state index in [2.05, 4.69) is 21.2 Å². The summed E-state index contributed by atoms with van der Waals surface area (Å²) in [4.78, 5) is 26.6. The zero-order valence-electron chi connectivity index (χ0n) is 16.3. The average Bonchev–Trinajstić information content (AvgIpc) is 2.71. The van der Waals surface area contributed by atoms with Crippen LogP contribution in [0.25, 0.3) is 0 Å². The molecule has 2 amide bonds. The van der Waals surface area contributed by atoms with Gasteiger partial charge >= 0.3 is 0 Å². The van der Waals surface area contributed by atoms with E-state index in [-0.39, 0.29) is 11.8 Å². The number of benzene rings is 2. The van der Waals surface area contributed by atoms with E-state index in [1.807, 2.05) is 48.5 Å². The predicted octanol–water partition coefficient (Wildman–Crippen LogP) is 3.85. The standard InChI is InChI=1S/C21H25BrN2O3S/c1-15(21(26)23-2)24(12-17-5-4-6-18(22)11-17)20(25)14-28-13-16-7-9-19(27-3)10-8-16/h4-11,15H,12-14H2,1-3H3,(H,23,26)/t15-/m0/s1. The third-order valence-electron chi connectivity index (χ3n) is 4.31. The van der Waals surface area contributed by atoms with Crippen LogP contribution in [0, 0.1) is 0 Å². The molecule has 0 heterocycles. The summed E-state index contributed by atoms with van der Waals surface area (Å²) in [6.07, 6.45) is 0. The minimum Gasteiger partial charge on any atom is -0.497 e. The number of nitrogens with one attached hydrogen (secondary N) is 1. The second-order valence-corrected chi connectivity index (χ2v) is 8.18. The SMILES string of the molecule is CNC(=O)[C@H](C)N(Cc1cccc(Br)c1)C(=O)CSCc1ccc(OC)cc1. The Hall–Kier alpha value is -1.99. The Morgan fingerprint density at radius 1 is 1.18 bits per heavy atom. The molecule has 0 bridgehead atoms. The zero-order chi connectivity index (χ0) is 20.5. The Bertz CT molecular complexity index is 798. The second-order valence-electron chi connectivity index (χ2n) is 6.28. The Morgan fingerprint density at radius 2 is 1.89 bits per heavy atom. The van der Waals surface area contributed by atoms with Gasteiger partial charge in [-0.05, 0) is 42.3 Å². The first-order valence-corrected chi connectivity index (χ1v) is 10.9. The highest BCUT2D eigenvalue weighted by Gasteiger charge is 2.25. The number of hydrogen-bond acceptors (Lipinski definition) is 4. The van der Waals surface area contributed by atoms with E-state index in [9.17, 15) is 9.59 Å². The number of methoxy groups -OCH3 is 1. The Morgan fingerprint density at radius 3 is 2.50 bits per heavy atom. The van der Waals surface area contributed by atoms with Gasteiger partial charge in [0.2, 0.25) is 11.8 Å². The van der Waals surface area contributed by atoms with E-state index in [1.54, 1.807) is 26.0 Å². The lowest BCUT2D eigenvalue weighted by atomic mass is 10.1. The van der Waals surface area contributed by atoms with Gasteiger partial charge in [0.1, 0.15) is 11.8 Å². The largest absolute Gasteiger partial charge is 0.497 e. The lowest BCUT2D eigenvalue weighted by molar-refractivity contribution is -0.138. The number of carbonyl (C=O) groups excluding carboxylic acids is 2. The highest BCUT2D eigenvalue weighted by Crippen LogP contribution is 2.19. The van der Waals surface area contributed by atoms with Crippen LogP contribution in [-0.2, 0) is 21.9 Å². The highest BCUT2D eigenvalue weighted by atomic mass is 79.9. The van der Waals surface area contributed by atoms with Gasteiger partial charge in [-0.15, -0.1) is 11.8 Å². The van der Waals surface area contributed by atoms with Gasteiger partial charge in [0.25, 0.3) is 0 Å². The van der Waals surface area contributed by atoms with Crippen molar-refractivity contribution in [3.63, 3.8) is 0 Å². The van der Waals surface area contributed by atoms with Crippen molar-refractivity contribution in [2.45, 2.75) is 25.3 Å². The highest BCUT2D eigenvalue weighted by molar-refractivity contribution is 9.10. The fourth-order valence-electron chi connectivity index (χ4n) is 2.68. The first-order valence-electron chi connectivity index (χ1n) is 8.90. The minimum atomic E-state index is -0.543. The molecule has 0 aromatic heterocycles. The molecule has 28 heavy (non-hydrogen) atoms. The van der Waals surface area contributed by atoms with Crippen molar-refractivity contribution in [1.29, 1.82) is 0 Å². The van der Waals surface area contributed by atoms with Crippen LogP contribution in [0.1, 0.15) is 18.1 Å². The number of ether oxygens (including phenoxy) is 1. The van der Waals surface area contributed by atoms with Gasteiger partial charge in [-0.25, -0.2) is 0 Å². The summed E-state index contributed by atoms with van der Waals surface area (Å²) in [6.45, 7) is 2.14. The van der Waals surface area contributed by atoms with E-state index in [0.717, 1.165) is 27.1 Å². The molecule has 0 fully saturated rings. The summed E-state index contributed by atoms with van der Waals surface area (Å²) in [6, 6.07) is 15.0. The van der Waals surface area contributed by atoms with Crippen LogP contribution in [0.4, 0.5) is 0 Å². The molecule has 0 saturated heterocycles. The molecule has 5 nitrogen and oxygen atoms in total. The fourth-order valence-corrected chi connectivity index (χ4v) is 4.00. The molecule has 0 spiro atoms. The van der Waals surface area contributed by atoms with Gasteiger partial charge in [0, 0.05) is 23.8 Å². The molecule has 0 aliphatic rings. The maximum Gasteiger partial charge on any atom is 0.242 e. The van der Waals surface area contributed by atoms with Crippen molar-refractivity contribution in [2.24, 2.45) is 0 Å². The first kappa shape index (κ1) is 22.3. The molecule has 0 aliphatic carbocycles. The van der Waals surface area contributed by atoms with Crippen molar-refractivity contribution in [3.8, 4) is 5.75 Å². The number of carbonyl (C=O) groups is 2. The lowest BCUT2D eigenvalue weighted by Gasteiger charge is -2.28. The van der Waals surface area contributed by atoms with Crippen LogP contribution in [0.3, 0.4) is 0 Å². The number of hydrogen-bond donors (Lipinski definition) is 1. The monoisotopic (exact) mass is 464 g/mol. The third-order valence-corrected chi connectivity index (χ3v) is 5.79. The van der Waals surface area contributed by atoms with Crippen molar-refractivity contribution < 1.29 is 14.3 Å². The summed E-state index contributed by atoms with van der Waals surface area (Å²) in [7, 11) is 3.22. The molecule has 1 N–H and O–H groups in total. The quantitative estimate of drug-likeness (QED) is 0.611. The summed E-state index contributed by atoms with van der Waals surface area (Å²) >= 11 is 4.98. The van der Waals surface area contributed by atoms with Crippen molar-refractivity contribution >= 4 is 39.5 Å². The van der Waals surface area contributed by atoms with Crippen molar-refractivity contribution in [3.05, 3.63) is 64.1 Å². The van der Waals surface area contributed by atoms with Gasteiger partial charge in [0.15, 0.2) is 0 Å². The van der Waals surface area contributed by atoms with Crippen LogP contribution in [0.2, 0.25) is 0 Å². The average molecular weight is 465 g/mol. The Labute approximate surface area is 179 Å². The summed E-state index contributed by atoms with van der Waals surface area (Å²) in [5.74, 6) is 1.60. The van der Waals surface area contributed by atoms with Crippen LogP contribution in [-0.4, -0.2) is 42.7 Å². The van der Waals surface area contributed by atoms with E-state index in [4.69, 9.17) is 4.74 Å². The molecule has 7 heteroatoms. The lowest BCUT2D eigenvalue weighted by Crippen LogP contribution is -2.47. The van der Waals surface area contributed by atoms with Gasteiger partial charge in [0.05, 0.1) is 12.9 Å². The van der Waals surface area contributed by atoms with Crippen LogP contribution in [0.15, 0.2) is 53.0 Å². The smallest absolute Gasteiger partial charge is 0.242 e. The number of rotatable bonds is 9. The maximum atomic E-state index is 12.9. The number of amides is 2. The maximum absolute atomic E-state index is 12.9. The van der Waals surface area contributed by atoms with E-state index in [0.29, 0.717) is 12.3 Å². The molecule has 0 aliphatic heterocycles. The van der Waals surface area contributed by atoms with E-state index < -0.39 is 6.04 Å². The molecule has 2 rings (SSSR count). The Kier molecular flexibility index (Phi) is 8.86. The number of halogens is 1. The topological polar surface area (TPSA) is 58.6 Å². The van der Waals surface area contributed by atoms with Gasteiger partial charge in [-0.1, -0.05) is 40.2 Å². The molecular formula is C21H25BrN2O3S. The van der Waals surface area contributed by atoms with Crippen LogP contribution < -0.4 is 10.1 Å². The predicted molar refractivity (Wildman–Crippen MR) is 117 cm³/mol. The fraction of sp³-hybridized carbons (Fsp3) is 0.333. The molecule has 0 radical (unpaired) electrons. The molecule has 0 saturated carbocycles. The van der Waals surface area contributed by atoms with Gasteiger partial charge in [-0.2, -0.15) is 0 Å². The molecule has 2 aromatic carbocycles. The normalized spacial score (nSPS) is 11.6. The molecule has 150 valence electrons. The van der Waals surface area contributed by atoms with Crippen molar-refractivity contribution in [1.82, 2.24) is 10.2 Å². The number of thioether (sulfide) groups is 1. The number of nitrogens with zero attached hydrogens (tertiary/aromatic N) is 1. The molecule has 0 unspecified atom stereocenters.